The van der Waals surface area contributed by atoms with Crippen molar-refractivity contribution in [3.63, 3.8) is 0 Å². The molecule has 3 nitrogen and oxygen atoms in total. The summed E-state index contributed by atoms with van der Waals surface area (Å²) in [5.41, 5.74) is -0.259. The molecule has 0 aromatic carbocycles. The Labute approximate surface area is 80.7 Å². The van der Waals surface area contributed by atoms with Crippen LogP contribution in [0.25, 0.3) is 0 Å². The topological polar surface area (TPSA) is 32.7 Å². The Balaban J connectivity index is 2.45. The Kier molecular flexibility index (Phi) is 3.71. The second kappa shape index (κ2) is 4.40. The third kappa shape index (κ3) is 2.42. The molecular formula is C10H21NO2. The van der Waals surface area contributed by atoms with Crippen molar-refractivity contribution in [1.82, 2.24) is 4.90 Å². The zero-order chi connectivity index (χ0) is 9.90. The van der Waals surface area contributed by atoms with Crippen molar-refractivity contribution in [2.75, 3.05) is 26.8 Å². The lowest BCUT2D eigenvalue weighted by molar-refractivity contribution is -0.0922. The van der Waals surface area contributed by atoms with Crippen molar-refractivity contribution in [3.05, 3.63) is 0 Å². The molecule has 1 N–H and O–H groups in total. The number of aliphatic hydroxyl groups is 1. The monoisotopic (exact) mass is 187 g/mol. The van der Waals surface area contributed by atoms with Crippen molar-refractivity contribution < 1.29 is 9.84 Å². The third-order valence-electron chi connectivity index (χ3n) is 3.16. The molecule has 0 aliphatic carbocycles. The molecule has 1 aliphatic heterocycles. The summed E-state index contributed by atoms with van der Waals surface area (Å²) in [6, 6.07) is 0.605. The summed E-state index contributed by atoms with van der Waals surface area (Å²) >= 11 is 0. The lowest BCUT2D eigenvalue weighted by Gasteiger charge is -2.41. The highest BCUT2D eigenvalue weighted by atomic mass is 16.5. The first-order valence-corrected chi connectivity index (χ1v) is 5.03. The second-order valence-electron chi connectivity index (χ2n) is 4.17. The lowest BCUT2D eigenvalue weighted by atomic mass is 9.91. The molecule has 0 aromatic heterocycles. The highest BCUT2D eigenvalue weighted by Gasteiger charge is 2.34. The van der Waals surface area contributed by atoms with E-state index in [1.54, 1.807) is 7.11 Å². The smallest absolute Gasteiger partial charge is 0.0932 e. The number of rotatable bonds is 3. The Morgan fingerprint density at radius 2 is 1.92 bits per heavy atom. The molecule has 1 fully saturated rings. The van der Waals surface area contributed by atoms with Gasteiger partial charge in [0.15, 0.2) is 0 Å². The number of methoxy groups -OCH3 is 1. The van der Waals surface area contributed by atoms with Gasteiger partial charge < -0.3 is 14.7 Å². The van der Waals surface area contributed by atoms with E-state index in [1.807, 2.05) is 0 Å². The number of piperidine rings is 1. The fraction of sp³-hybridized carbons (Fsp3) is 1.00. The molecule has 1 heterocycles. The summed E-state index contributed by atoms with van der Waals surface area (Å²) in [6.45, 7) is 6.63. The summed E-state index contributed by atoms with van der Waals surface area (Å²) < 4.78 is 5.38. The molecule has 0 saturated carbocycles. The molecule has 0 unspecified atom stereocenters. The zero-order valence-electron chi connectivity index (χ0n) is 8.92. The van der Waals surface area contributed by atoms with Gasteiger partial charge in [-0.05, 0) is 26.7 Å². The van der Waals surface area contributed by atoms with Crippen molar-refractivity contribution in [2.45, 2.75) is 38.3 Å². The van der Waals surface area contributed by atoms with Crippen LogP contribution in [0.15, 0.2) is 0 Å². The van der Waals surface area contributed by atoms with Crippen molar-refractivity contribution in [2.24, 2.45) is 0 Å². The Hall–Kier alpha value is -0.120. The fourth-order valence-electron chi connectivity index (χ4n) is 1.87. The molecule has 0 radical (unpaired) electrons. The van der Waals surface area contributed by atoms with Crippen LogP contribution in [0.5, 0.6) is 0 Å². The molecule has 0 atom stereocenters. The van der Waals surface area contributed by atoms with E-state index in [9.17, 15) is 5.11 Å². The van der Waals surface area contributed by atoms with Crippen LogP contribution in [0.2, 0.25) is 0 Å². The van der Waals surface area contributed by atoms with Gasteiger partial charge in [-0.2, -0.15) is 0 Å². The van der Waals surface area contributed by atoms with Crippen LogP contribution in [-0.4, -0.2) is 48.5 Å². The van der Waals surface area contributed by atoms with Gasteiger partial charge in [0.25, 0.3) is 0 Å². The minimum Gasteiger partial charge on any atom is -0.393 e. The number of hydrogen-bond acceptors (Lipinski definition) is 3. The SMILES string of the molecule is COC1(CO)CCN(C(C)C)CC1. The molecule has 78 valence electrons. The van der Waals surface area contributed by atoms with Gasteiger partial charge in [0, 0.05) is 26.2 Å². The number of aliphatic hydroxyl groups excluding tert-OH is 1. The largest absolute Gasteiger partial charge is 0.393 e. The van der Waals surface area contributed by atoms with Crippen LogP contribution in [0.4, 0.5) is 0 Å². The average molecular weight is 187 g/mol. The maximum Gasteiger partial charge on any atom is 0.0932 e. The van der Waals surface area contributed by atoms with Gasteiger partial charge in [-0.25, -0.2) is 0 Å². The van der Waals surface area contributed by atoms with E-state index in [2.05, 4.69) is 18.7 Å². The highest BCUT2D eigenvalue weighted by molar-refractivity contribution is 4.87. The summed E-state index contributed by atoms with van der Waals surface area (Å²) in [4.78, 5) is 2.42. The first-order chi connectivity index (χ1) is 6.13. The van der Waals surface area contributed by atoms with Gasteiger partial charge in [-0.3, -0.25) is 0 Å². The van der Waals surface area contributed by atoms with Gasteiger partial charge in [-0.1, -0.05) is 0 Å². The molecule has 1 rings (SSSR count). The molecule has 1 aliphatic rings. The predicted octanol–water partition coefficient (Wildman–Crippen LogP) is 0.868. The fourth-order valence-corrected chi connectivity index (χ4v) is 1.87. The average Bonchev–Trinajstić information content (AvgIpc) is 2.18. The standard InChI is InChI=1S/C10H21NO2/c1-9(2)11-6-4-10(8-12,13-3)5-7-11/h9,12H,4-8H2,1-3H3. The molecule has 0 amide bonds. The molecule has 0 aromatic rings. The number of likely N-dealkylation sites (tertiary alicyclic amines) is 1. The molecule has 1 saturated heterocycles. The Morgan fingerprint density at radius 3 is 2.23 bits per heavy atom. The number of nitrogens with zero attached hydrogens (tertiary/aromatic N) is 1. The number of hydrogen-bond donors (Lipinski definition) is 1. The van der Waals surface area contributed by atoms with E-state index < -0.39 is 0 Å². The van der Waals surface area contributed by atoms with Gasteiger partial charge in [0.05, 0.1) is 12.2 Å². The first kappa shape index (κ1) is 11.0. The Bertz CT molecular complexity index is 145. The molecular weight excluding hydrogens is 166 g/mol. The zero-order valence-corrected chi connectivity index (χ0v) is 8.92. The third-order valence-corrected chi connectivity index (χ3v) is 3.16. The van der Waals surface area contributed by atoms with E-state index >= 15 is 0 Å². The normalized spacial score (nSPS) is 23.8. The molecule has 13 heavy (non-hydrogen) atoms. The van der Waals surface area contributed by atoms with Crippen molar-refractivity contribution >= 4 is 0 Å². The van der Waals surface area contributed by atoms with Crippen LogP contribution in [-0.2, 0) is 4.74 Å². The molecule has 0 spiro atoms. The van der Waals surface area contributed by atoms with Gasteiger partial charge in [-0.15, -0.1) is 0 Å². The van der Waals surface area contributed by atoms with Crippen LogP contribution >= 0.6 is 0 Å². The first-order valence-electron chi connectivity index (χ1n) is 5.03. The maximum absolute atomic E-state index is 9.22. The van der Waals surface area contributed by atoms with Gasteiger partial charge in [0.2, 0.25) is 0 Å². The van der Waals surface area contributed by atoms with Crippen LogP contribution in [0, 0.1) is 0 Å². The quantitative estimate of drug-likeness (QED) is 0.711. The summed E-state index contributed by atoms with van der Waals surface area (Å²) in [7, 11) is 1.70. The van der Waals surface area contributed by atoms with E-state index in [4.69, 9.17) is 4.74 Å². The van der Waals surface area contributed by atoms with E-state index in [1.165, 1.54) is 0 Å². The van der Waals surface area contributed by atoms with Gasteiger partial charge >= 0.3 is 0 Å². The maximum atomic E-state index is 9.22. The highest BCUT2D eigenvalue weighted by Crippen LogP contribution is 2.25. The second-order valence-corrected chi connectivity index (χ2v) is 4.17. The summed E-state index contributed by atoms with van der Waals surface area (Å²) in [6.07, 6.45) is 1.89. The lowest BCUT2D eigenvalue weighted by Crippen LogP contribution is -2.49. The summed E-state index contributed by atoms with van der Waals surface area (Å²) in [5.74, 6) is 0. The number of ether oxygens (including phenoxy) is 1. The Morgan fingerprint density at radius 1 is 1.38 bits per heavy atom. The van der Waals surface area contributed by atoms with E-state index in [-0.39, 0.29) is 12.2 Å². The minimum absolute atomic E-state index is 0.148. The van der Waals surface area contributed by atoms with Crippen LogP contribution in [0.1, 0.15) is 26.7 Å². The van der Waals surface area contributed by atoms with Gasteiger partial charge in [0.1, 0.15) is 0 Å². The van der Waals surface area contributed by atoms with Crippen LogP contribution in [0.3, 0.4) is 0 Å². The van der Waals surface area contributed by atoms with E-state index in [0.29, 0.717) is 6.04 Å². The molecule has 0 bridgehead atoms. The molecule has 3 heteroatoms. The van der Waals surface area contributed by atoms with E-state index in [0.717, 1.165) is 25.9 Å². The van der Waals surface area contributed by atoms with Crippen molar-refractivity contribution in [3.8, 4) is 0 Å². The van der Waals surface area contributed by atoms with Crippen molar-refractivity contribution in [1.29, 1.82) is 0 Å². The predicted molar refractivity (Wildman–Crippen MR) is 52.8 cm³/mol. The van der Waals surface area contributed by atoms with Crippen LogP contribution < -0.4 is 0 Å². The minimum atomic E-state index is -0.259. The summed E-state index contributed by atoms with van der Waals surface area (Å²) in [5, 5.41) is 9.22.